The van der Waals surface area contributed by atoms with E-state index in [0.717, 1.165) is 5.56 Å². The van der Waals surface area contributed by atoms with Gasteiger partial charge in [0.05, 0.1) is 6.54 Å². The number of nitrogens with zero attached hydrogens (tertiary/aromatic N) is 3. The standard InChI is InChI=1S/C9H11N5O/c1-6-2-3-14-7(4-6)11-9(13-14)12-8(15)5-10/h2-4H,5,10H2,1H3,(H,12,13,15). The van der Waals surface area contributed by atoms with Crippen molar-refractivity contribution in [3.63, 3.8) is 0 Å². The summed E-state index contributed by atoms with van der Waals surface area (Å²) < 4.78 is 1.60. The van der Waals surface area contributed by atoms with Crippen molar-refractivity contribution in [1.82, 2.24) is 14.6 Å². The molecule has 0 bridgehead atoms. The Morgan fingerprint density at radius 1 is 1.67 bits per heavy atom. The van der Waals surface area contributed by atoms with Crippen LogP contribution in [0, 0.1) is 6.92 Å². The van der Waals surface area contributed by atoms with Gasteiger partial charge in [-0.3, -0.25) is 10.1 Å². The highest BCUT2D eigenvalue weighted by molar-refractivity contribution is 5.90. The van der Waals surface area contributed by atoms with Crippen LogP contribution in [0.1, 0.15) is 5.56 Å². The van der Waals surface area contributed by atoms with Crippen molar-refractivity contribution in [3.05, 3.63) is 23.9 Å². The average molecular weight is 205 g/mol. The molecule has 1 amide bonds. The molecule has 6 nitrogen and oxygen atoms in total. The first kappa shape index (κ1) is 9.60. The molecule has 0 fully saturated rings. The normalized spacial score (nSPS) is 10.5. The second kappa shape index (κ2) is 3.66. The fraction of sp³-hybridized carbons (Fsp3) is 0.222. The summed E-state index contributed by atoms with van der Waals surface area (Å²) in [5, 5.41) is 6.55. The number of carbonyl (C=O) groups is 1. The van der Waals surface area contributed by atoms with Gasteiger partial charge in [-0.25, -0.2) is 4.52 Å². The zero-order chi connectivity index (χ0) is 10.8. The molecule has 0 saturated heterocycles. The molecule has 0 aromatic carbocycles. The van der Waals surface area contributed by atoms with Gasteiger partial charge < -0.3 is 5.73 Å². The summed E-state index contributed by atoms with van der Waals surface area (Å²) in [4.78, 5) is 15.1. The molecule has 2 aromatic heterocycles. The lowest BCUT2D eigenvalue weighted by atomic mass is 10.3. The lowest BCUT2D eigenvalue weighted by Crippen LogP contribution is -2.22. The number of fused-ring (bicyclic) bond motifs is 1. The largest absolute Gasteiger partial charge is 0.322 e. The molecule has 2 rings (SSSR count). The number of rotatable bonds is 2. The number of pyridine rings is 1. The zero-order valence-electron chi connectivity index (χ0n) is 8.27. The molecule has 0 unspecified atom stereocenters. The predicted octanol–water partition coefficient (Wildman–Crippen LogP) is -0.0651. The number of aromatic nitrogens is 3. The molecule has 2 aromatic rings. The molecule has 0 spiro atoms. The number of nitrogens with one attached hydrogen (secondary N) is 1. The maximum absolute atomic E-state index is 11.0. The van der Waals surface area contributed by atoms with Crippen molar-refractivity contribution in [2.45, 2.75) is 6.92 Å². The van der Waals surface area contributed by atoms with Crippen LogP contribution < -0.4 is 11.1 Å². The van der Waals surface area contributed by atoms with Crippen LogP contribution in [0.3, 0.4) is 0 Å². The Bertz CT molecular complexity index is 504. The summed E-state index contributed by atoms with van der Waals surface area (Å²) in [7, 11) is 0. The highest BCUT2D eigenvalue weighted by Crippen LogP contribution is 2.06. The molecule has 15 heavy (non-hydrogen) atoms. The molecule has 0 saturated carbocycles. The maximum Gasteiger partial charge on any atom is 0.249 e. The van der Waals surface area contributed by atoms with E-state index in [1.54, 1.807) is 10.7 Å². The Morgan fingerprint density at radius 2 is 2.47 bits per heavy atom. The molecule has 2 heterocycles. The Morgan fingerprint density at radius 3 is 3.20 bits per heavy atom. The van der Waals surface area contributed by atoms with Gasteiger partial charge in [0.15, 0.2) is 5.65 Å². The van der Waals surface area contributed by atoms with Crippen molar-refractivity contribution < 1.29 is 4.79 Å². The Labute approximate surface area is 86.1 Å². The van der Waals surface area contributed by atoms with E-state index in [1.807, 2.05) is 19.1 Å². The molecule has 0 atom stereocenters. The maximum atomic E-state index is 11.0. The number of aryl methyl sites for hydroxylation is 1. The minimum atomic E-state index is -0.303. The quantitative estimate of drug-likeness (QED) is 0.719. The third-order valence-electron chi connectivity index (χ3n) is 1.93. The number of hydrogen-bond acceptors (Lipinski definition) is 4. The summed E-state index contributed by atoms with van der Waals surface area (Å²) in [6.45, 7) is 1.89. The molecular formula is C9H11N5O. The monoisotopic (exact) mass is 205 g/mol. The van der Waals surface area contributed by atoms with E-state index < -0.39 is 0 Å². The van der Waals surface area contributed by atoms with E-state index in [9.17, 15) is 4.79 Å². The molecule has 6 heteroatoms. The van der Waals surface area contributed by atoms with Crippen molar-refractivity contribution >= 4 is 17.5 Å². The first-order valence-corrected chi connectivity index (χ1v) is 4.52. The van der Waals surface area contributed by atoms with Gasteiger partial charge in [0.2, 0.25) is 11.9 Å². The first-order chi connectivity index (χ1) is 7.19. The molecule has 78 valence electrons. The van der Waals surface area contributed by atoms with Crippen LogP contribution in [0.2, 0.25) is 0 Å². The number of nitrogens with two attached hydrogens (primary N) is 1. The fourth-order valence-corrected chi connectivity index (χ4v) is 1.21. The minimum absolute atomic E-state index is 0.0748. The molecule has 0 aliphatic carbocycles. The van der Waals surface area contributed by atoms with E-state index in [2.05, 4.69) is 15.4 Å². The number of amides is 1. The van der Waals surface area contributed by atoms with Gasteiger partial charge in [-0.2, -0.15) is 4.98 Å². The molecule has 3 N–H and O–H groups in total. The molecule has 0 aliphatic heterocycles. The van der Waals surface area contributed by atoms with Gasteiger partial charge in [0, 0.05) is 6.20 Å². The zero-order valence-corrected chi connectivity index (χ0v) is 8.27. The van der Waals surface area contributed by atoms with Gasteiger partial charge in [-0.1, -0.05) is 0 Å². The van der Waals surface area contributed by atoms with Crippen LogP contribution in [0.4, 0.5) is 5.95 Å². The molecule has 0 aliphatic rings. The van der Waals surface area contributed by atoms with Crippen LogP contribution in [-0.2, 0) is 4.79 Å². The highest BCUT2D eigenvalue weighted by Gasteiger charge is 2.05. The van der Waals surface area contributed by atoms with Crippen LogP contribution in [0.15, 0.2) is 18.3 Å². The second-order valence-corrected chi connectivity index (χ2v) is 3.19. The summed E-state index contributed by atoms with van der Waals surface area (Å²) in [6, 6.07) is 3.79. The topological polar surface area (TPSA) is 85.3 Å². The van der Waals surface area contributed by atoms with Crippen molar-refractivity contribution in [1.29, 1.82) is 0 Å². The van der Waals surface area contributed by atoms with Crippen LogP contribution in [0.25, 0.3) is 5.65 Å². The van der Waals surface area contributed by atoms with E-state index in [-0.39, 0.29) is 18.4 Å². The van der Waals surface area contributed by atoms with Gasteiger partial charge in [0.25, 0.3) is 0 Å². The summed E-state index contributed by atoms with van der Waals surface area (Å²) >= 11 is 0. The lowest BCUT2D eigenvalue weighted by molar-refractivity contribution is -0.114. The van der Waals surface area contributed by atoms with E-state index in [1.165, 1.54) is 0 Å². The van der Waals surface area contributed by atoms with Crippen molar-refractivity contribution in [2.75, 3.05) is 11.9 Å². The summed E-state index contributed by atoms with van der Waals surface area (Å²) in [5.41, 5.74) is 6.95. The SMILES string of the molecule is Cc1ccn2nc(NC(=O)CN)nc2c1. The van der Waals surface area contributed by atoms with Gasteiger partial charge >= 0.3 is 0 Å². The van der Waals surface area contributed by atoms with Gasteiger partial charge in [-0.05, 0) is 24.6 Å². The number of anilines is 1. The van der Waals surface area contributed by atoms with Crippen LogP contribution >= 0.6 is 0 Å². The van der Waals surface area contributed by atoms with Gasteiger partial charge in [-0.15, -0.1) is 5.10 Å². The van der Waals surface area contributed by atoms with Crippen molar-refractivity contribution in [2.24, 2.45) is 5.73 Å². The first-order valence-electron chi connectivity index (χ1n) is 4.52. The Balaban J connectivity index is 2.34. The number of hydrogen-bond donors (Lipinski definition) is 2. The third kappa shape index (κ3) is 1.94. The van der Waals surface area contributed by atoms with Crippen molar-refractivity contribution in [3.8, 4) is 0 Å². The van der Waals surface area contributed by atoms with E-state index >= 15 is 0 Å². The van der Waals surface area contributed by atoms with E-state index in [0.29, 0.717) is 5.65 Å². The van der Waals surface area contributed by atoms with Gasteiger partial charge in [0.1, 0.15) is 0 Å². The number of carbonyl (C=O) groups excluding carboxylic acids is 1. The second-order valence-electron chi connectivity index (χ2n) is 3.19. The molecule has 0 radical (unpaired) electrons. The third-order valence-corrected chi connectivity index (χ3v) is 1.93. The lowest BCUT2D eigenvalue weighted by Gasteiger charge is -1.94. The minimum Gasteiger partial charge on any atom is -0.322 e. The van der Waals surface area contributed by atoms with E-state index in [4.69, 9.17) is 5.73 Å². The summed E-state index contributed by atoms with van der Waals surface area (Å²) in [5.74, 6) is -0.0290. The highest BCUT2D eigenvalue weighted by atomic mass is 16.2. The van der Waals surface area contributed by atoms with Crippen LogP contribution in [0.5, 0.6) is 0 Å². The fourth-order valence-electron chi connectivity index (χ4n) is 1.21. The smallest absolute Gasteiger partial charge is 0.249 e. The Kier molecular flexibility index (Phi) is 2.34. The predicted molar refractivity (Wildman–Crippen MR) is 55.4 cm³/mol. The summed E-state index contributed by atoms with van der Waals surface area (Å²) in [6.07, 6.45) is 1.79. The van der Waals surface area contributed by atoms with Crippen LogP contribution in [-0.4, -0.2) is 27.0 Å². The Hall–Kier alpha value is -1.95. The average Bonchev–Trinajstić information content (AvgIpc) is 2.59. The molecular weight excluding hydrogens is 194 g/mol.